The van der Waals surface area contributed by atoms with Crippen molar-refractivity contribution in [1.29, 1.82) is 0 Å². The summed E-state index contributed by atoms with van der Waals surface area (Å²) in [7, 11) is 0. The monoisotopic (exact) mass is 230 g/mol. The Bertz CT molecular complexity index is 291. The molecule has 1 atom stereocenters. The van der Waals surface area contributed by atoms with Crippen molar-refractivity contribution in [3.05, 3.63) is 29.8 Å². The average Bonchev–Trinajstić information content (AvgIpc) is 2.26. The lowest BCUT2D eigenvalue weighted by Gasteiger charge is -2.11. The van der Waals surface area contributed by atoms with Crippen molar-refractivity contribution in [3.8, 4) is 5.75 Å². The Morgan fingerprint density at radius 3 is 2.73 bits per heavy atom. The van der Waals surface area contributed by atoms with E-state index in [-0.39, 0.29) is 5.88 Å². The van der Waals surface area contributed by atoms with Gasteiger partial charge in [0.25, 0.3) is 0 Å². The van der Waals surface area contributed by atoms with Gasteiger partial charge in [-0.15, -0.1) is 11.6 Å². The number of halogens is 1. The Kier molecular flexibility index (Phi) is 5.47. The molecule has 0 fully saturated rings. The van der Waals surface area contributed by atoms with E-state index in [2.05, 4.69) is 0 Å². The predicted octanol–water partition coefficient (Wildman–Crippen LogP) is 1.95. The highest BCUT2D eigenvalue weighted by Gasteiger charge is 2.01. The van der Waals surface area contributed by atoms with Crippen LogP contribution in [0.15, 0.2) is 24.3 Å². The van der Waals surface area contributed by atoms with Crippen molar-refractivity contribution in [2.45, 2.75) is 13.2 Å². The highest BCUT2D eigenvalue weighted by Crippen LogP contribution is 2.15. The minimum absolute atomic E-state index is 0.0738. The molecule has 0 aliphatic rings. The third kappa shape index (κ3) is 4.51. The van der Waals surface area contributed by atoms with Gasteiger partial charge in [-0.05, 0) is 18.6 Å². The lowest BCUT2D eigenvalue weighted by atomic mass is 10.2. The first kappa shape index (κ1) is 12.3. The summed E-state index contributed by atoms with van der Waals surface area (Å²) in [4.78, 5) is 0. The van der Waals surface area contributed by atoms with Crippen LogP contribution in [0.3, 0.4) is 0 Å². The topological polar surface area (TPSA) is 38.7 Å². The summed E-state index contributed by atoms with van der Waals surface area (Å²) in [5, 5.41) is 9.00. The molecule has 0 saturated heterocycles. The van der Waals surface area contributed by atoms with E-state index < -0.39 is 6.29 Å². The zero-order valence-corrected chi connectivity index (χ0v) is 9.41. The van der Waals surface area contributed by atoms with E-state index in [1.54, 1.807) is 0 Å². The largest absolute Gasteiger partial charge is 0.491 e. The Hall–Kier alpha value is -0.770. The molecular weight excluding hydrogens is 216 g/mol. The van der Waals surface area contributed by atoms with E-state index in [1.165, 1.54) is 0 Å². The summed E-state index contributed by atoms with van der Waals surface area (Å²) in [6.45, 7) is 2.70. The van der Waals surface area contributed by atoms with Gasteiger partial charge >= 0.3 is 0 Å². The van der Waals surface area contributed by atoms with Gasteiger partial charge in [0.1, 0.15) is 12.4 Å². The quantitative estimate of drug-likeness (QED) is 0.461. The van der Waals surface area contributed by atoms with E-state index in [4.69, 9.17) is 26.2 Å². The Labute approximate surface area is 94.6 Å². The predicted molar refractivity (Wildman–Crippen MR) is 59.4 cm³/mol. The molecule has 0 aliphatic carbocycles. The van der Waals surface area contributed by atoms with E-state index >= 15 is 0 Å². The van der Waals surface area contributed by atoms with Gasteiger partial charge in [-0.1, -0.05) is 18.2 Å². The van der Waals surface area contributed by atoms with Crippen LogP contribution in [0.2, 0.25) is 0 Å². The number of benzene rings is 1. The molecule has 4 heteroatoms. The maximum atomic E-state index is 9.00. The van der Waals surface area contributed by atoms with Crippen molar-refractivity contribution in [3.63, 3.8) is 0 Å². The first-order chi connectivity index (χ1) is 7.24. The third-order valence-electron chi connectivity index (χ3n) is 1.88. The summed E-state index contributed by atoms with van der Waals surface area (Å²) in [6.07, 6.45) is -0.910. The van der Waals surface area contributed by atoms with Crippen molar-refractivity contribution in [2.75, 3.05) is 19.1 Å². The number of alkyl halides is 1. The van der Waals surface area contributed by atoms with Crippen molar-refractivity contribution in [2.24, 2.45) is 0 Å². The van der Waals surface area contributed by atoms with Gasteiger partial charge in [0.15, 0.2) is 6.29 Å². The average molecular weight is 231 g/mol. The van der Waals surface area contributed by atoms with Crippen molar-refractivity contribution < 1.29 is 14.6 Å². The number of aryl methyl sites for hydroxylation is 1. The number of rotatable bonds is 6. The molecule has 0 heterocycles. The van der Waals surface area contributed by atoms with E-state index in [9.17, 15) is 0 Å². The van der Waals surface area contributed by atoms with Gasteiger partial charge < -0.3 is 14.6 Å². The highest BCUT2D eigenvalue weighted by molar-refractivity contribution is 6.18. The van der Waals surface area contributed by atoms with Crippen LogP contribution in [0.5, 0.6) is 5.75 Å². The van der Waals surface area contributed by atoms with Crippen LogP contribution >= 0.6 is 11.6 Å². The number of ether oxygens (including phenoxy) is 2. The number of hydrogen-bond donors (Lipinski definition) is 1. The Morgan fingerprint density at radius 2 is 2.07 bits per heavy atom. The fourth-order valence-electron chi connectivity index (χ4n) is 1.10. The third-order valence-corrected chi connectivity index (χ3v) is 2.14. The SMILES string of the molecule is Cc1ccccc1OCCOC(O)CCl. The summed E-state index contributed by atoms with van der Waals surface area (Å²) >= 11 is 5.36. The smallest absolute Gasteiger partial charge is 0.168 e. The summed E-state index contributed by atoms with van der Waals surface area (Å²) in [5.41, 5.74) is 1.08. The Morgan fingerprint density at radius 1 is 1.33 bits per heavy atom. The molecule has 1 N–H and O–H groups in total. The maximum absolute atomic E-state index is 9.00. The van der Waals surface area contributed by atoms with Gasteiger partial charge in [0, 0.05) is 0 Å². The van der Waals surface area contributed by atoms with Gasteiger partial charge in [-0.3, -0.25) is 0 Å². The van der Waals surface area contributed by atoms with Crippen LogP contribution in [-0.4, -0.2) is 30.5 Å². The molecule has 0 saturated carbocycles. The fourth-order valence-corrected chi connectivity index (χ4v) is 1.19. The number of aliphatic hydroxyl groups excluding tert-OH is 1. The minimum Gasteiger partial charge on any atom is -0.491 e. The van der Waals surface area contributed by atoms with Crippen LogP contribution in [0.4, 0.5) is 0 Å². The number of hydrogen-bond acceptors (Lipinski definition) is 3. The van der Waals surface area contributed by atoms with Gasteiger partial charge in [-0.25, -0.2) is 0 Å². The van der Waals surface area contributed by atoms with Crippen LogP contribution in [0, 0.1) is 6.92 Å². The fraction of sp³-hybridized carbons (Fsp3) is 0.455. The first-order valence-electron chi connectivity index (χ1n) is 4.78. The molecule has 0 aromatic heterocycles. The molecule has 1 rings (SSSR count). The molecular formula is C11H15ClO3. The molecule has 84 valence electrons. The second-order valence-electron chi connectivity index (χ2n) is 3.09. The Balaban J connectivity index is 2.23. The van der Waals surface area contributed by atoms with Crippen LogP contribution in [0.1, 0.15) is 5.56 Å². The molecule has 0 aliphatic heterocycles. The summed E-state index contributed by atoms with van der Waals surface area (Å²) in [5.74, 6) is 0.908. The molecule has 3 nitrogen and oxygen atoms in total. The molecule has 0 amide bonds. The molecule has 0 radical (unpaired) electrons. The molecule has 1 aromatic rings. The van der Waals surface area contributed by atoms with Crippen LogP contribution in [-0.2, 0) is 4.74 Å². The molecule has 1 aromatic carbocycles. The van der Waals surface area contributed by atoms with Gasteiger partial charge in [0.05, 0.1) is 12.5 Å². The van der Waals surface area contributed by atoms with E-state index in [0.717, 1.165) is 11.3 Å². The first-order valence-corrected chi connectivity index (χ1v) is 5.31. The van der Waals surface area contributed by atoms with Gasteiger partial charge in [-0.2, -0.15) is 0 Å². The standard InChI is InChI=1S/C11H15ClO3/c1-9-4-2-3-5-10(9)14-6-7-15-11(13)8-12/h2-5,11,13H,6-8H2,1H3. The van der Waals surface area contributed by atoms with E-state index in [1.807, 2.05) is 31.2 Å². The van der Waals surface area contributed by atoms with Crippen LogP contribution < -0.4 is 4.74 Å². The molecule has 15 heavy (non-hydrogen) atoms. The molecule has 0 spiro atoms. The number of para-hydroxylation sites is 1. The maximum Gasteiger partial charge on any atom is 0.168 e. The normalized spacial score (nSPS) is 12.5. The number of aliphatic hydroxyl groups is 1. The van der Waals surface area contributed by atoms with Crippen molar-refractivity contribution in [1.82, 2.24) is 0 Å². The lowest BCUT2D eigenvalue weighted by molar-refractivity contribution is -0.0889. The second-order valence-corrected chi connectivity index (χ2v) is 3.40. The lowest BCUT2D eigenvalue weighted by Crippen LogP contribution is -2.18. The molecule has 0 bridgehead atoms. The summed E-state index contributed by atoms with van der Waals surface area (Å²) < 4.78 is 10.4. The van der Waals surface area contributed by atoms with Crippen molar-refractivity contribution >= 4 is 11.6 Å². The summed E-state index contributed by atoms with van der Waals surface area (Å²) in [6, 6.07) is 7.74. The van der Waals surface area contributed by atoms with Gasteiger partial charge in [0.2, 0.25) is 0 Å². The molecule has 1 unspecified atom stereocenters. The highest BCUT2D eigenvalue weighted by atomic mass is 35.5. The minimum atomic E-state index is -0.910. The zero-order chi connectivity index (χ0) is 11.1. The zero-order valence-electron chi connectivity index (χ0n) is 8.65. The van der Waals surface area contributed by atoms with Crippen LogP contribution in [0.25, 0.3) is 0 Å². The second kappa shape index (κ2) is 6.67. The van der Waals surface area contributed by atoms with E-state index in [0.29, 0.717) is 13.2 Å².